The molecule has 0 aromatic carbocycles. The Kier molecular flexibility index (Phi) is 10.7. The summed E-state index contributed by atoms with van der Waals surface area (Å²) in [6, 6.07) is -5.14. The average Bonchev–Trinajstić information content (AvgIpc) is 3.22. The largest absolute Gasteiger partial charge is 0.480 e. The van der Waals surface area contributed by atoms with E-state index in [9.17, 15) is 29.4 Å². The van der Waals surface area contributed by atoms with Gasteiger partial charge in [0.05, 0.1) is 19.0 Å². The number of nitrogens with zero attached hydrogens (tertiary/aromatic N) is 1. The molecule has 1 aromatic heterocycles. The van der Waals surface area contributed by atoms with E-state index in [1.807, 2.05) is 13.8 Å². The van der Waals surface area contributed by atoms with Gasteiger partial charge in [-0.2, -0.15) is 0 Å². The molecule has 0 aliphatic rings. The van der Waals surface area contributed by atoms with Crippen molar-refractivity contribution >= 4 is 23.7 Å². The third-order valence-electron chi connectivity index (χ3n) is 4.53. The van der Waals surface area contributed by atoms with Gasteiger partial charge in [0.15, 0.2) is 0 Å². The number of H-pyrrole nitrogens is 1. The number of hydrogen-bond acceptors (Lipinski definition) is 8. The third kappa shape index (κ3) is 8.61. The summed E-state index contributed by atoms with van der Waals surface area (Å²) < 4.78 is 0. The van der Waals surface area contributed by atoms with Crippen LogP contribution < -0.4 is 21.7 Å². The number of aromatic nitrogens is 2. The minimum absolute atomic E-state index is 0.0268. The summed E-state index contributed by atoms with van der Waals surface area (Å²) in [6.45, 7) is 4.26. The van der Waals surface area contributed by atoms with Crippen LogP contribution in [0.4, 0.5) is 0 Å². The van der Waals surface area contributed by atoms with Gasteiger partial charge in [0, 0.05) is 18.3 Å². The summed E-state index contributed by atoms with van der Waals surface area (Å²) in [7, 11) is 0. The Hall–Kier alpha value is -3.03. The maximum absolute atomic E-state index is 12.8. The minimum Gasteiger partial charge on any atom is -0.480 e. The van der Waals surface area contributed by atoms with E-state index in [-0.39, 0.29) is 18.8 Å². The number of carbonyl (C=O) groups excluding carboxylic acids is 3. The second-order valence-electron chi connectivity index (χ2n) is 7.89. The van der Waals surface area contributed by atoms with Gasteiger partial charge in [-0.05, 0) is 19.3 Å². The van der Waals surface area contributed by atoms with Crippen molar-refractivity contribution < 1.29 is 34.5 Å². The number of aliphatic hydroxyl groups is 2. The van der Waals surface area contributed by atoms with E-state index >= 15 is 0 Å². The van der Waals surface area contributed by atoms with E-state index in [0.717, 1.165) is 0 Å². The fourth-order valence-corrected chi connectivity index (χ4v) is 2.80. The highest BCUT2D eigenvalue weighted by Crippen LogP contribution is 2.07. The Morgan fingerprint density at radius 3 is 2.16 bits per heavy atom. The zero-order chi connectivity index (χ0) is 24.4. The van der Waals surface area contributed by atoms with Crippen LogP contribution in [0.1, 0.15) is 32.9 Å². The Balaban J connectivity index is 2.92. The number of aromatic amines is 1. The van der Waals surface area contributed by atoms with Gasteiger partial charge in [-0.25, -0.2) is 9.78 Å². The molecule has 0 aliphatic heterocycles. The van der Waals surface area contributed by atoms with Gasteiger partial charge in [0.25, 0.3) is 0 Å². The van der Waals surface area contributed by atoms with Crippen LogP contribution in [0.5, 0.6) is 0 Å². The molecule has 0 aliphatic carbocycles. The lowest BCUT2D eigenvalue weighted by Crippen LogP contribution is -2.60. The molecule has 1 aromatic rings. The highest BCUT2D eigenvalue weighted by atomic mass is 16.4. The van der Waals surface area contributed by atoms with E-state index in [0.29, 0.717) is 5.69 Å². The molecule has 32 heavy (non-hydrogen) atoms. The molecule has 1 rings (SSSR count). The monoisotopic (exact) mass is 456 g/mol. The van der Waals surface area contributed by atoms with Crippen LogP contribution in [-0.2, 0) is 25.6 Å². The molecule has 1 heterocycles. The number of nitrogens with one attached hydrogen (secondary N) is 4. The lowest BCUT2D eigenvalue weighted by Gasteiger charge is -2.27. The van der Waals surface area contributed by atoms with Gasteiger partial charge in [-0.1, -0.05) is 13.8 Å². The van der Waals surface area contributed by atoms with Crippen LogP contribution in [0.25, 0.3) is 0 Å². The highest BCUT2D eigenvalue weighted by molar-refractivity contribution is 5.94. The zero-order valence-electron chi connectivity index (χ0n) is 18.2. The quantitative estimate of drug-likeness (QED) is 0.154. The van der Waals surface area contributed by atoms with Crippen molar-refractivity contribution in [2.45, 2.75) is 63.9 Å². The van der Waals surface area contributed by atoms with Gasteiger partial charge in [-0.3, -0.25) is 14.4 Å². The van der Waals surface area contributed by atoms with Gasteiger partial charge in [-0.15, -0.1) is 0 Å². The molecule has 13 nitrogen and oxygen atoms in total. The predicted octanol–water partition coefficient (Wildman–Crippen LogP) is -2.76. The summed E-state index contributed by atoms with van der Waals surface area (Å²) in [6.07, 6.45) is 1.51. The molecule has 0 fully saturated rings. The maximum Gasteiger partial charge on any atom is 0.326 e. The van der Waals surface area contributed by atoms with Crippen molar-refractivity contribution in [3.63, 3.8) is 0 Å². The number of amides is 3. The van der Waals surface area contributed by atoms with E-state index < -0.39 is 60.6 Å². The lowest BCUT2D eigenvalue weighted by atomic mass is 10.0. The molecule has 0 bridgehead atoms. The summed E-state index contributed by atoms with van der Waals surface area (Å²) in [5, 5.41) is 35.5. The van der Waals surface area contributed by atoms with E-state index in [2.05, 4.69) is 25.9 Å². The molecule has 13 heteroatoms. The topological polar surface area (TPSA) is 220 Å². The standard InChI is InChI=1S/C19H32N6O7/c1-9(2)4-13(23-16(28)12(20)7-26)17(29)25-15(10(3)27)18(30)24-14(19(31)32)5-11-6-21-8-22-11/h6,8-10,12-15,26-27H,4-5,7,20H2,1-3H3,(H,21,22)(H,23,28)(H,24,30)(H,25,29)(H,31,32). The number of rotatable bonds is 13. The van der Waals surface area contributed by atoms with E-state index in [1.54, 1.807) is 0 Å². The second kappa shape index (κ2) is 12.7. The average molecular weight is 457 g/mol. The number of carboxylic acids is 1. The number of carbonyl (C=O) groups is 4. The Morgan fingerprint density at radius 2 is 1.69 bits per heavy atom. The molecule has 5 atom stereocenters. The number of nitrogens with two attached hydrogens (primary N) is 1. The van der Waals surface area contributed by atoms with Crippen molar-refractivity contribution in [3.8, 4) is 0 Å². The summed E-state index contributed by atoms with van der Waals surface area (Å²) in [4.78, 5) is 55.5. The summed E-state index contributed by atoms with van der Waals surface area (Å²) in [5.74, 6) is -3.77. The van der Waals surface area contributed by atoms with Crippen molar-refractivity contribution in [1.82, 2.24) is 25.9 Å². The first kappa shape index (κ1) is 27.0. The molecule has 180 valence electrons. The Labute approximate surface area is 185 Å². The first-order valence-corrected chi connectivity index (χ1v) is 10.1. The first-order valence-electron chi connectivity index (χ1n) is 10.1. The predicted molar refractivity (Wildman–Crippen MR) is 112 cm³/mol. The smallest absolute Gasteiger partial charge is 0.326 e. The number of hydrogen-bond donors (Lipinski definition) is 8. The molecule has 0 saturated heterocycles. The molecule has 0 radical (unpaired) electrons. The molecular formula is C19H32N6O7. The lowest BCUT2D eigenvalue weighted by molar-refractivity contribution is -0.143. The van der Waals surface area contributed by atoms with Crippen LogP contribution >= 0.6 is 0 Å². The van der Waals surface area contributed by atoms with Gasteiger partial charge < -0.3 is 42.0 Å². The van der Waals surface area contributed by atoms with Crippen molar-refractivity contribution in [2.75, 3.05) is 6.61 Å². The maximum atomic E-state index is 12.8. The molecule has 3 amide bonds. The van der Waals surface area contributed by atoms with Crippen LogP contribution in [-0.4, -0.2) is 85.9 Å². The van der Waals surface area contributed by atoms with Crippen LogP contribution in [0, 0.1) is 5.92 Å². The molecule has 0 saturated carbocycles. The van der Waals surface area contributed by atoms with Crippen LogP contribution in [0.3, 0.4) is 0 Å². The van der Waals surface area contributed by atoms with E-state index in [1.165, 1.54) is 19.4 Å². The molecule has 0 spiro atoms. The zero-order valence-corrected chi connectivity index (χ0v) is 18.2. The molecule has 5 unspecified atom stereocenters. The molecule has 9 N–H and O–H groups in total. The Morgan fingerprint density at radius 1 is 1.06 bits per heavy atom. The number of carboxylic acid groups (broad SMARTS) is 1. The van der Waals surface area contributed by atoms with Crippen molar-refractivity contribution in [2.24, 2.45) is 11.7 Å². The van der Waals surface area contributed by atoms with Gasteiger partial charge in [0.2, 0.25) is 17.7 Å². The Bertz CT molecular complexity index is 768. The van der Waals surface area contributed by atoms with Crippen molar-refractivity contribution in [3.05, 3.63) is 18.2 Å². The molecular weight excluding hydrogens is 424 g/mol. The number of aliphatic hydroxyl groups excluding tert-OH is 2. The van der Waals surface area contributed by atoms with Gasteiger partial charge >= 0.3 is 5.97 Å². The highest BCUT2D eigenvalue weighted by Gasteiger charge is 2.33. The van der Waals surface area contributed by atoms with Crippen molar-refractivity contribution in [1.29, 1.82) is 0 Å². The van der Waals surface area contributed by atoms with Gasteiger partial charge in [0.1, 0.15) is 24.2 Å². The van der Waals surface area contributed by atoms with Crippen LogP contribution in [0.15, 0.2) is 12.5 Å². The van der Waals surface area contributed by atoms with Crippen LogP contribution in [0.2, 0.25) is 0 Å². The fraction of sp³-hybridized carbons (Fsp3) is 0.632. The second-order valence-corrected chi connectivity index (χ2v) is 7.89. The fourth-order valence-electron chi connectivity index (χ4n) is 2.80. The SMILES string of the molecule is CC(C)CC(NC(=O)C(N)CO)C(=O)NC(C(=O)NC(Cc1cnc[nH]1)C(=O)O)C(C)O. The van der Waals surface area contributed by atoms with E-state index in [4.69, 9.17) is 10.8 Å². The first-order chi connectivity index (χ1) is 15.0. The third-order valence-corrected chi connectivity index (χ3v) is 4.53. The summed E-state index contributed by atoms with van der Waals surface area (Å²) >= 11 is 0. The summed E-state index contributed by atoms with van der Waals surface area (Å²) in [5.41, 5.74) is 5.94. The number of aliphatic carboxylic acids is 1. The minimum atomic E-state index is -1.48. The normalized spacial score (nSPS) is 15.8. The number of imidazole rings is 1.